The van der Waals surface area contributed by atoms with Crippen molar-refractivity contribution in [1.82, 2.24) is 9.97 Å². The number of ether oxygens (including phenoxy) is 2. The summed E-state index contributed by atoms with van der Waals surface area (Å²) in [6.07, 6.45) is 6.81. The van der Waals surface area contributed by atoms with Crippen LogP contribution in [-0.2, 0) is 0 Å². The highest BCUT2D eigenvalue weighted by Gasteiger charge is 2.03. The van der Waals surface area contributed by atoms with E-state index >= 15 is 0 Å². The Morgan fingerprint density at radius 1 is 0.542 bits per heavy atom. The van der Waals surface area contributed by atoms with Crippen LogP contribution in [0.1, 0.15) is 0 Å². The molecule has 0 bridgehead atoms. The van der Waals surface area contributed by atoms with Gasteiger partial charge in [0, 0.05) is 12.4 Å². The second-order valence-corrected chi connectivity index (χ2v) is 5.25. The molecule has 4 nitrogen and oxygen atoms in total. The van der Waals surface area contributed by atoms with E-state index in [1.54, 1.807) is 24.8 Å². The number of benzene rings is 2. The molecule has 0 aliphatic rings. The first-order chi connectivity index (χ1) is 11.9. The summed E-state index contributed by atoms with van der Waals surface area (Å²) in [6.45, 7) is 0. The van der Waals surface area contributed by atoms with Crippen LogP contribution in [0.3, 0.4) is 0 Å². The Balaban J connectivity index is 1.63. The minimum absolute atomic E-state index is 0.708. The lowest BCUT2D eigenvalue weighted by atomic mass is 10.1. The molecule has 0 N–H and O–H groups in total. The van der Waals surface area contributed by atoms with Crippen LogP contribution in [0.5, 0.6) is 23.0 Å². The molecule has 0 spiro atoms. The molecule has 4 aromatic rings. The van der Waals surface area contributed by atoms with Gasteiger partial charge in [-0.3, -0.25) is 9.97 Å². The molecule has 0 unspecified atom stereocenters. The molecule has 0 aliphatic carbocycles. The zero-order valence-electron chi connectivity index (χ0n) is 12.8. The maximum absolute atomic E-state index is 5.83. The molecule has 0 atom stereocenters. The molecule has 0 radical (unpaired) electrons. The summed E-state index contributed by atoms with van der Waals surface area (Å²) in [4.78, 5) is 8.11. The second-order valence-electron chi connectivity index (χ2n) is 5.25. The number of pyridine rings is 2. The molecule has 4 rings (SSSR count). The minimum atomic E-state index is 0.708. The Morgan fingerprint density at radius 3 is 1.54 bits per heavy atom. The third-order valence-corrected chi connectivity index (χ3v) is 3.52. The molecule has 2 aromatic carbocycles. The summed E-state index contributed by atoms with van der Waals surface area (Å²) in [5.41, 5.74) is 0. The highest BCUT2D eigenvalue weighted by Crippen LogP contribution is 2.29. The molecule has 24 heavy (non-hydrogen) atoms. The zero-order valence-corrected chi connectivity index (χ0v) is 12.8. The number of nitrogens with zero attached hydrogens (tertiary/aromatic N) is 2. The minimum Gasteiger partial charge on any atom is -0.456 e. The zero-order chi connectivity index (χ0) is 16.2. The summed E-state index contributed by atoms with van der Waals surface area (Å²) < 4.78 is 11.7. The Labute approximate surface area is 139 Å². The van der Waals surface area contributed by atoms with Crippen molar-refractivity contribution >= 4 is 10.8 Å². The highest BCUT2D eigenvalue weighted by atomic mass is 16.5. The average molecular weight is 314 g/mol. The van der Waals surface area contributed by atoms with Crippen molar-refractivity contribution in [2.45, 2.75) is 0 Å². The van der Waals surface area contributed by atoms with Crippen LogP contribution in [0.15, 0.2) is 85.5 Å². The van der Waals surface area contributed by atoms with E-state index in [1.165, 1.54) is 0 Å². The summed E-state index contributed by atoms with van der Waals surface area (Å²) in [5, 5.41) is 2.16. The lowest BCUT2D eigenvalue weighted by Gasteiger charge is -2.09. The van der Waals surface area contributed by atoms with Gasteiger partial charge in [-0.2, -0.15) is 0 Å². The molecule has 2 aromatic heterocycles. The maximum Gasteiger partial charge on any atom is 0.145 e. The summed E-state index contributed by atoms with van der Waals surface area (Å²) in [7, 11) is 0. The predicted molar refractivity (Wildman–Crippen MR) is 92.6 cm³/mol. The van der Waals surface area contributed by atoms with E-state index in [0.29, 0.717) is 11.5 Å². The van der Waals surface area contributed by atoms with Crippen LogP contribution in [-0.4, -0.2) is 9.97 Å². The summed E-state index contributed by atoms with van der Waals surface area (Å²) >= 11 is 0. The van der Waals surface area contributed by atoms with Crippen LogP contribution in [0.4, 0.5) is 0 Å². The van der Waals surface area contributed by atoms with Crippen molar-refractivity contribution < 1.29 is 9.47 Å². The van der Waals surface area contributed by atoms with Gasteiger partial charge in [0.2, 0.25) is 0 Å². The first-order valence-corrected chi connectivity index (χ1v) is 7.56. The van der Waals surface area contributed by atoms with Gasteiger partial charge in [-0.1, -0.05) is 12.1 Å². The van der Waals surface area contributed by atoms with E-state index in [-0.39, 0.29) is 0 Å². The standard InChI is InChI=1S/C20H14N2O2/c1-3-19(13-21-9-1)23-17-7-5-15-6-8-18(12-16(15)11-17)24-20-4-2-10-22-14-20/h1-14H. The van der Waals surface area contributed by atoms with Gasteiger partial charge in [-0.15, -0.1) is 0 Å². The predicted octanol–water partition coefficient (Wildman–Crippen LogP) is 5.21. The van der Waals surface area contributed by atoms with Gasteiger partial charge >= 0.3 is 0 Å². The van der Waals surface area contributed by atoms with E-state index in [2.05, 4.69) is 9.97 Å². The monoisotopic (exact) mass is 314 g/mol. The van der Waals surface area contributed by atoms with Crippen molar-refractivity contribution in [3.63, 3.8) is 0 Å². The normalized spacial score (nSPS) is 10.5. The SMILES string of the molecule is c1cncc(Oc2ccc3ccc(Oc4cccnc4)cc3c2)c1. The first kappa shape index (κ1) is 14.2. The fraction of sp³-hybridized carbons (Fsp3) is 0. The lowest BCUT2D eigenvalue weighted by Crippen LogP contribution is -1.87. The fourth-order valence-corrected chi connectivity index (χ4v) is 2.42. The molecule has 4 heteroatoms. The first-order valence-electron chi connectivity index (χ1n) is 7.56. The van der Waals surface area contributed by atoms with E-state index in [4.69, 9.17) is 9.47 Å². The summed E-state index contributed by atoms with van der Waals surface area (Å²) in [6, 6.07) is 19.3. The third-order valence-electron chi connectivity index (χ3n) is 3.52. The van der Waals surface area contributed by atoms with Crippen LogP contribution in [0.25, 0.3) is 10.8 Å². The largest absolute Gasteiger partial charge is 0.456 e. The van der Waals surface area contributed by atoms with Crippen LogP contribution < -0.4 is 9.47 Å². The van der Waals surface area contributed by atoms with Gasteiger partial charge in [0.25, 0.3) is 0 Å². The average Bonchev–Trinajstić information content (AvgIpc) is 2.63. The lowest BCUT2D eigenvalue weighted by molar-refractivity contribution is 0.479. The van der Waals surface area contributed by atoms with Crippen molar-refractivity contribution in [2.24, 2.45) is 0 Å². The highest BCUT2D eigenvalue weighted by molar-refractivity contribution is 5.85. The topological polar surface area (TPSA) is 44.2 Å². The molecule has 116 valence electrons. The van der Waals surface area contributed by atoms with Gasteiger partial charge in [-0.25, -0.2) is 0 Å². The van der Waals surface area contributed by atoms with Crippen molar-refractivity contribution in [2.75, 3.05) is 0 Å². The molecule has 0 fully saturated rings. The quantitative estimate of drug-likeness (QED) is 0.518. The number of rotatable bonds is 4. The van der Waals surface area contributed by atoms with Gasteiger partial charge < -0.3 is 9.47 Å². The molecule has 0 saturated carbocycles. The number of fused-ring (bicyclic) bond motifs is 1. The summed E-state index contributed by atoms with van der Waals surface area (Å²) in [5.74, 6) is 2.93. The van der Waals surface area contributed by atoms with E-state index in [0.717, 1.165) is 22.3 Å². The number of hydrogen-bond donors (Lipinski definition) is 0. The molecular formula is C20H14N2O2. The third kappa shape index (κ3) is 3.17. The van der Waals surface area contributed by atoms with Crippen LogP contribution >= 0.6 is 0 Å². The van der Waals surface area contributed by atoms with Crippen LogP contribution in [0.2, 0.25) is 0 Å². The van der Waals surface area contributed by atoms with E-state index in [1.807, 2.05) is 60.7 Å². The van der Waals surface area contributed by atoms with Crippen molar-refractivity contribution in [1.29, 1.82) is 0 Å². The molecule has 0 amide bonds. The van der Waals surface area contributed by atoms with Gasteiger partial charge in [0.1, 0.15) is 23.0 Å². The van der Waals surface area contributed by atoms with Gasteiger partial charge in [0.15, 0.2) is 0 Å². The van der Waals surface area contributed by atoms with E-state index < -0.39 is 0 Å². The van der Waals surface area contributed by atoms with Gasteiger partial charge in [0.05, 0.1) is 12.4 Å². The Kier molecular flexibility index (Phi) is 3.78. The van der Waals surface area contributed by atoms with Crippen LogP contribution in [0, 0.1) is 0 Å². The van der Waals surface area contributed by atoms with E-state index in [9.17, 15) is 0 Å². The maximum atomic E-state index is 5.83. The van der Waals surface area contributed by atoms with Gasteiger partial charge in [-0.05, 0) is 59.3 Å². The smallest absolute Gasteiger partial charge is 0.145 e. The Hall–Kier alpha value is -3.40. The Bertz CT molecular complexity index is 881. The second kappa shape index (κ2) is 6.38. The number of aromatic nitrogens is 2. The van der Waals surface area contributed by atoms with Crippen molar-refractivity contribution in [3.05, 3.63) is 85.5 Å². The fourth-order valence-electron chi connectivity index (χ4n) is 2.42. The molecule has 0 aliphatic heterocycles. The Morgan fingerprint density at radius 2 is 1.08 bits per heavy atom. The molecule has 2 heterocycles. The number of hydrogen-bond acceptors (Lipinski definition) is 4. The molecular weight excluding hydrogens is 300 g/mol. The molecule has 0 saturated heterocycles. The van der Waals surface area contributed by atoms with Crippen molar-refractivity contribution in [3.8, 4) is 23.0 Å².